The maximum atomic E-state index is 5.76. The van der Waals surface area contributed by atoms with Gasteiger partial charge in [0.2, 0.25) is 11.2 Å². The number of halogens is 1. The lowest BCUT2D eigenvalue weighted by molar-refractivity contribution is 0.656. The lowest BCUT2D eigenvalue weighted by Gasteiger charge is -2.28. The number of anilines is 1. The van der Waals surface area contributed by atoms with Crippen molar-refractivity contribution in [3.05, 3.63) is 46.5 Å². The highest BCUT2D eigenvalue weighted by Crippen LogP contribution is 2.38. The summed E-state index contributed by atoms with van der Waals surface area (Å²) in [6.07, 6.45) is 0.940. The molecule has 1 heterocycles. The second kappa shape index (κ2) is 3.42. The molecule has 16 heavy (non-hydrogen) atoms. The van der Waals surface area contributed by atoms with Crippen molar-refractivity contribution in [2.45, 2.75) is 12.3 Å². The predicted molar refractivity (Wildman–Crippen MR) is 61.2 cm³/mol. The van der Waals surface area contributed by atoms with Gasteiger partial charge in [0.1, 0.15) is 5.82 Å². The molecule has 1 aromatic carbocycles. The largest absolute Gasteiger partial charge is 0.368 e. The SMILES string of the molecule is Nc1nc(Cl)nc(C2Cc3ccccc32)n1. The van der Waals surface area contributed by atoms with Crippen LogP contribution in [0.1, 0.15) is 22.9 Å². The van der Waals surface area contributed by atoms with Gasteiger partial charge in [-0.15, -0.1) is 0 Å². The van der Waals surface area contributed by atoms with Crippen LogP contribution >= 0.6 is 11.6 Å². The third-order valence-corrected chi connectivity index (χ3v) is 2.98. The van der Waals surface area contributed by atoms with Crippen molar-refractivity contribution in [2.24, 2.45) is 0 Å². The lowest BCUT2D eigenvalue weighted by Crippen LogP contribution is -2.21. The Hall–Kier alpha value is -1.68. The molecule has 1 atom stereocenters. The molecule has 1 unspecified atom stereocenters. The fourth-order valence-electron chi connectivity index (χ4n) is 2.03. The number of nitrogens with zero attached hydrogens (tertiary/aromatic N) is 3. The standard InChI is InChI=1S/C11H9ClN4/c12-10-14-9(15-11(13)16-10)8-5-6-3-1-2-4-7(6)8/h1-4,8H,5H2,(H2,13,14,15,16). The van der Waals surface area contributed by atoms with Crippen LogP contribution in [0.2, 0.25) is 5.28 Å². The number of hydrogen-bond acceptors (Lipinski definition) is 4. The number of benzene rings is 1. The van der Waals surface area contributed by atoms with Crippen LogP contribution in [0.5, 0.6) is 0 Å². The van der Waals surface area contributed by atoms with Crippen molar-refractivity contribution >= 4 is 17.5 Å². The zero-order valence-corrected chi connectivity index (χ0v) is 9.15. The first-order valence-electron chi connectivity index (χ1n) is 4.99. The van der Waals surface area contributed by atoms with E-state index >= 15 is 0 Å². The van der Waals surface area contributed by atoms with Crippen LogP contribution in [-0.4, -0.2) is 15.0 Å². The molecule has 0 saturated carbocycles. The molecular formula is C11H9ClN4. The molecule has 2 N–H and O–H groups in total. The zero-order valence-electron chi connectivity index (χ0n) is 8.39. The van der Waals surface area contributed by atoms with E-state index in [-0.39, 0.29) is 17.1 Å². The Kier molecular flexibility index (Phi) is 2.04. The highest BCUT2D eigenvalue weighted by atomic mass is 35.5. The van der Waals surface area contributed by atoms with E-state index in [4.69, 9.17) is 17.3 Å². The normalized spacial score (nSPS) is 17.7. The average Bonchev–Trinajstić information content (AvgIpc) is 2.18. The summed E-state index contributed by atoms with van der Waals surface area (Å²) < 4.78 is 0. The molecule has 80 valence electrons. The fraction of sp³-hybridized carbons (Fsp3) is 0.182. The van der Waals surface area contributed by atoms with E-state index in [9.17, 15) is 0 Å². The molecule has 1 aromatic heterocycles. The molecule has 0 spiro atoms. The molecule has 0 bridgehead atoms. The molecule has 1 aliphatic carbocycles. The van der Waals surface area contributed by atoms with Crippen molar-refractivity contribution in [3.63, 3.8) is 0 Å². The van der Waals surface area contributed by atoms with Crippen LogP contribution in [0.15, 0.2) is 24.3 Å². The molecule has 0 saturated heterocycles. The number of hydrogen-bond donors (Lipinski definition) is 1. The Morgan fingerprint density at radius 1 is 1.19 bits per heavy atom. The fourth-order valence-corrected chi connectivity index (χ4v) is 2.20. The Morgan fingerprint density at radius 2 is 2.00 bits per heavy atom. The molecule has 0 amide bonds. The van der Waals surface area contributed by atoms with Crippen LogP contribution in [0, 0.1) is 0 Å². The minimum atomic E-state index is 0.159. The van der Waals surface area contributed by atoms with Crippen LogP contribution in [0.4, 0.5) is 5.95 Å². The Labute approximate surface area is 97.5 Å². The van der Waals surface area contributed by atoms with Crippen molar-refractivity contribution in [1.29, 1.82) is 0 Å². The number of aromatic nitrogens is 3. The summed E-state index contributed by atoms with van der Waals surface area (Å²) in [7, 11) is 0. The van der Waals surface area contributed by atoms with E-state index in [1.807, 2.05) is 12.1 Å². The van der Waals surface area contributed by atoms with Crippen LogP contribution in [-0.2, 0) is 6.42 Å². The summed E-state index contributed by atoms with van der Waals surface area (Å²) in [6.45, 7) is 0. The van der Waals surface area contributed by atoms with Crippen LogP contribution in [0.25, 0.3) is 0 Å². The van der Waals surface area contributed by atoms with Crippen LogP contribution < -0.4 is 5.73 Å². The third-order valence-electron chi connectivity index (χ3n) is 2.81. The second-order valence-corrected chi connectivity index (χ2v) is 4.11. The van der Waals surface area contributed by atoms with Gasteiger partial charge < -0.3 is 5.73 Å². The van der Waals surface area contributed by atoms with E-state index in [2.05, 4.69) is 27.1 Å². The van der Waals surface area contributed by atoms with Crippen LogP contribution in [0.3, 0.4) is 0 Å². The van der Waals surface area contributed by atoms with E-state index in [1.54, 1.807) is 0 Å². The molecule has 0 radical (unpaired) electrons. The molecule has 5 heteroatoms. The number of nitrogen functional groups attached to an aromatic ring is 1. The molecule has 0 fully saturated rings. The summed E-state index contributed by atoms with van der Waals surface area (Å²) in [5.74, 6) is 1.05. The summed E-state index contributed by atoms with van der Waals surface area (Å²) in [5, 5.41) is 0.159. The Balaban J connectivity index is 2.02. The first kappa shape index (κ1) is 9.54. The number of nitrogens with two attached hydrogens (primary N) is 1. The van der Waals surface area contributed by atoms with Gasteiger partial charge in [0.25, 0.3) is 0 Å². The number of rotatable bonds is 1. The zero-order chi connectivity index (χ0) is 11.1. The average molecular weight is 233 g/mol. The molecule has 3 rings (SSSR count). The minimum Gasteiger partial charge on any atom is -0.368 e. The van der Waals surface area contributed by atoms with Crippen molar-refractivity contribution in [1.82, 2.24) is 15.0 Å². The minimum absolute atomic E-state index is 0.159. The molecule has 2 aromatic rings. The monoisotopic (exact) mass is 232 g/mol. The van der Waals surface area contributed by atoms with E-state index < -0.39 is 0 Å². The molecular weight excluding hydrogens is 224 g/mol. The maximum Gasteiger partial charge on any atom is 0.227 e. The van der Waals surface area contributed by atoms with Gasteiger partial charge in [0, 0.05) is 5.92 Å². The van der Waals surface area contributed by atoms with Gasteiger partial charge in [-0.2, -0.15) is 9.97 Å². The highest BCUT2D eigenvalue weighted by molar-refractivity contribution is 6.28. The van der Waals surface area contributed by atoms with Crippen molar-refractivity contribution in [3.8, 4) is 0 Å². The Morgan fingerprint density at radius 3 is 2.75 bits per heavy atom. The van der Waals surface area contributed by atoms with E-state index in [0.717, 1.165) is 6.42 Å². The number of fused-ring (bicyclic) bond motifs is 1. The van der Waals surface area contributed by atoms with Gasteiger partial charge >= 0.3 is 0 Å². The molecule has 4 nitrogen and oxygen atoms in total. The first-order chi connectivity index (χ1) is 7.74. The third kappa shape index (κ3) is 1.42. The van der Waals surface area contributed by atoms with Gasteiger partial charge in [0.05, 0.1) is 0 Å². The molecule has 1 aliphatic rings. The quantitative estimate of drug-likeness (QED) is 0.814. The van der Waals surface area contributed by atoms with Gasteiger partial charge in [-0.1, -0.05) is 24.3 Å². The first-order valence-corrected chi connectivity index (χ1v) is 5.36. The summed E-state index contributed by atoms with van der Waals surface area (Å²) >= 11 is 5.76. The summed E-state index contributed by atoms with van der Waals surface area (Å²) in [5.41, 5.74) is 8.14. The summed E-state index contributed by atoms with van der Waals surface area (Å²) in [4.78, 5) is 12.0. The van der Waals surface area contributed by atoms with Gasteiger partial charge in [0.15, 0.2) is 0 Å². The maximum absolute atomic E-state index is 5.76. The molecule has 0 aliphatic heterocycles. The van der Waals surface area contributed by atoms with Gasteiger partial charge in [-0.05, 0) is 29.1 Å². The smallest absolute Gasteiger partial charge is 0.227 e. The van der Waals surface area contributed by atoms with Gasteiger partial charge in [-0.3, -0.25) is 0 Å². The van der Waals surface area contributed by atoms with Crippen molar-refractivity contribution in [2.75, 3.05) is 5.73 Å². The van der Waals surface area contributed by atoms with E-state index in [1.165, 1.54) is 11.1 Å². The topological polar surface area (TPSA) is 64.7 Å². The van der Waals surface area contributed by atoms with Gasteiger partial charge in [-0.25, -0.2) is 4.98 Å². The van der Waals surface area contributed by atoms with Crippen molar-refractivity contribution < 1.29 is 0 Å². The van der Waals surface area contributed by atoms with E-state index in [0.29, 0.717) is 5.82 Å². The highest BCUT2D eigenvalue weighted by Gasteiger charge is 2.29. The summed E-state index contributed by atoms with van der Waals surface area (Å²) in [6, 6.07) is 8.23. The second-order valence-electron chi connectivity index (χ2n) is 3.78. The lowest BCUT2D eigenvalue weighted by atomic mass is 9.77. The predicted octanol–water partition coefficient (Wildman–Crippen LogP) is 1.80. The Bertz CT molecular complexity index is 535.